The van der Waals surface area contributed by atoms with Crippen LogP contribution in [0.15, 0.2) is 48.5 Å². The molecular formula is C17H19N5O2S. The van der Waals surface area contributed by atoms with Crippen LogP contribution in [0.25, 0.3) is 10.9 Å². The van der Waals surface area contributed by atoms with Gasteiger partial charge in [-0.3, -0.25) is 4.31 Å². The average molecular weight is 357 g/mol. The SMILES string of the molecule is CN(c1cccc(CNc2nc(N)c3ccccc3n2)c1)S(C)(=O)=O. The summed E-state index contributed by atoms with van der Waals surface area (Å²) in [5, 5.41) is 3.94. The van der Waals surface area contributed by atoms with E-state index in [9.17, 15) is 8.42 Å². The Balaban J connectivity index is 1.80. The molecule has 1 aromatic heterocycles. The number of para-hydroxylation sites is 1. The van der Waals surface area contributed by atoms with Crippen molar-refractivity contribution in [1.82, 2.24) is 9.97 Å². The van der Waals surface area contributed by atoms with Crippen molar-refractivity contribution in [2.75, 3.05) is 28.7 Å². The van der Waals surface area contributed by atoms with Gasteiger partial charge in [-0.25, -0.2) is 13.4 Å². The lowest BCUT2D eigenvalue weighted by Gasteiger charge is -2.17. The molecule has 130 valence electrons. The molecule has 0 fully saturated rings. The first-order chi connectivity index (χ1) is 11.8. The molecule has 2 aromatic carbocycles. The molecule has 3 N–H and O–H groups in total. The fourth-order valence-corrected chi connectivity index (χ4v) is 2.91. The largest absolute Gasteiger partial charge is 0.383 e. The molecule has 0 spiro atoms. The van der Waals surface area contributed by atoms with Gasteiger partial charge in [-0.15, -0.1) is 0 Å². The van der Waals surface area contributed by atoms with Crippen LogP contribution in [-0.2, 0) is 16.6 Å². The van der Waals surface area contributed by atoms with Crippen molar-refractivity contribution in [3.63, 3.8) is 0 Å². The second kappa shape index (κ2) is 6.56. The summed E-state index contributed by atoms with van der Waals surface area (Å²) in [6.45, 7) is 0.448. The first kappa shape index (κ1) is 17.0. The molecule has 0 aliphatic heterocycles. The predicted octanol–water partition coefficient (Wildman–Crippen LogP) is 2.22. The number of nitrogens with zero attached hydrogens (tertiary/aromatic N) is 3. The number of hydrogen-bond donors (Lipinski definition) is 2. The van der Waals surface area contributed by atoms with Gasteiger partial charge in [-0.05, 0) is 29.8 Å². The zero-order valence-corrected chi connectivity index (χ0v) is 14.8. The number of nitrogen functional groups attached to an aromatic ring is 1. The molecule has 0 atom stereocenters. The Hall–Kier alpha value is -2.87. The molecular weight excluding hydrogens is 338 g/mol. The number of nitrogens with one attached hydrogen (secondary N) is 1. The van der Waals surface area contributed by atoms with Gasteiger partial charge in [0, 0.05) is 19.0 Å². The Kier molecular flexibility index (Phi) is 4.45. The Morgan fingerprint density at radius 3 is 2.64 bits per heavy atom. The highest BCUT2D eigenvalue weighted by Gasteiger charge is 2.12. The third-order valence-electron chi connectivity index (χ3n) is 3.85. The van der Waals surface area contributed by atoms with Gasteiger partial charge >= 0.3 is 0 Å². The lowest BCUT2D eigenvalue weighted by molar-refractivity contribution is 0.600. The van der Waals surface area contributed by atoms with Crippen LogP contribution in [0.3, 0.4) is 0 Å². The van der Waals surface area contributed by atoms with E-state index in [1.807, 2.05) is 36.4 Å². The summed E-state index contributed by atoms with van der Waals surface area (Å²) in [7, 11) is -1.78. The molecule has 0 amide bonds. The number of benzene rings is 2. The Bertz CT molecular complexity index is 1020. The molecule has 8 heteroatoms. The first-order valence-electron chi connectivity index (χ1n) is 7.63. The summed E-state index contributed by atoms with van der Waals surface area (Å²) in [4.78, 5) is 8.70. The topological polar surface area (TPSA) is 101 Å². The van der Waals surface area contributed by atoms with Gasteiger partial charge in [0.05, 0.1) is 17.5 Å². The standard InChI is InChI=1S/C17H19N5O2S/c1-22(25(2,23)24)13-7-5-6-12(10-13)11-19-17-20-15-9-4-3-8-14(15)16(18)21-17/h3-10H,11H2,1-2H3,(H3,18,19,20,21). The molecule has 0 radical (unpaired) electrons. The van der Waals surface area contributed by atoms with Crippen molar-refractivity contribution in [1.29, 1.82) is 0 Å². The van der Waals surface area contributed by atoms with Gasteiger partial charge in [-0.2, -0.15) is 4.98 Å². The quantitative estimate of drug-likeness (QED) is 0.726. The number of rotatable bonds is 5. The van der Waals surface area contributed by atoms with Crippen molar-refractivity contribution in [2.24, 2.45) is 0 Å². The summed E-state index contributed by atoms with van der Waals surface area (Å²) in [6.07, 6.45) is 1.17. The molecule has 0 bridgehead atoms. The lowest BCUT2D eigenvalue weighted by atomic mass is 10.2. The van der Waals surface area contributed by atoms with E-state index in [0.29, 0.717) is 24.0 Å². The molecule has 1 heterocycles. The summed E-state index contributed by atoms with van der Waals surface area (Å²) in [5.41, 5.74) is 8.24. The van der Waals surface area contributed by atoms with Crippen LogP contribution in [0, 0.1) is 0 Å². The van der Waals surface area contributed by atoms with Gasteiger partial charge in [-0.1, -0.05) is 24.3 Å². The third-order valence-corrected chi connectivity index (χ3v) is 5.06. The molecule has 7 nitrogen and oxygen atoms in total. The summed E-state index contributed by atoms with van der Waals surface area (Å²) in [5.74, 6) is 0.844. The van der Waals surface area contributed by atoms with E-state index in [0.717, 1.165) is 16.5 Å². The van der Waals surface area contributed by atoms with Crippen LogP contribution < -0.4 is 15.4 Å². The highest BCUT2D eigenvalue weighted by atomic mass is 32.2. The van der Waals surface area contributed by atoms with Crippen molar-refractivity contribution in [3.05, 3.63) is 54.1 Å². The smallest absolute Gasteiger partial charge is 0.231 e. The summed E-state index contributed by atoms with van der Waals surface area (Å²) < 4.78 is 24.6. The second-order valence-corrected chi connectivity index (χ2v) is 7.72. The molecule has 25 heavy (non-hydrogen) atoms. The number of anilines is 3. The monoisotopic (exact) mass is 357 g/mol. The van der Waals surface area contributed by atoms with Gasteiger partial charge in [0.15, 0.2) is 0 Å². The fourth-order valence-electron chi connectivity index (χ4n) is 2.42. The average Bonchev–Trinajstić information content (AvgIpc) is 2.59. The Morgan fingerprint density at radius 1 is 1.12 bits per heavy atom. The maximum atomic E-state index is 11.7. The first-order valence-corrected chi connectivity index (χ1v) is 9.48. The molecule has 0 aliphatic carbocycles. The van der Waals surface area contributed by atoms with Gasteiger partial charge in [0.2, 0.25) is 16.0 Å². The van der Waals surface area contributed by atoms with E-state index in [2.05, 4.69) is 15.3 Å². The Morgan fingerprint density at radius 2 is 1.88 bits per heavy atom. The maximum Gasteiger partial charge on any atom is 0.231 e. The fraction of sp³-hybridized carbons (Fsp3) is 0.176. The van der Waals surface area contributed by atoms with Gasteiger partial charge < -0.3 is 11.1 Å². The normalized spacial score (nSPS) is 11.4. The molecule has 0 unspecified atom stereocenters. The highest BCUT2D eigenvalue weighted by Crippen LogP contribution is 2.20. The zero-order valence-electron chi connectivity index (χ0n) is 14.0. The van der Waals surface area contributed by atoms with Crippen molar-refractivity contribution >= 4 is 38.4 Å². The minimum Gasteiger partial charge on any atom is -0.383 e. The third kappa shape index (κ3) is 3.80. The number of fused-ring (bicyclic) bond motifs is 1. The number of nitrogens with two attached hydrogens (primary N) is 1. The molecule has 3 aromatic rings. The minimum atomic E-state index is -3.30. The zero-order chi connectivity index (χ0) is 18.0. The molecule has 0 saturated carbocycles. The Labute approximate surface area is 146 Å². The van der Waals surface area contributed by atoms with Gasteiger partial charge in [0.25, 0.3) is 0 Å². The molecule has 0 saturated heterocycles. The van der Waals surface area contributed by atoms with E-state index in [1.54, 1.807) is 12.1 Å². The van der Waals surface area contributed by atoms with Crippen molar-refractivity contribution < 1.29 is 8.42 Å². The number of hydrogen-bond acceptors (Lipinski definition) is 6. The van der Waals surface area contributed by atoms with Crippen LogP contribution in [0.4, 0.5) is 17.5 Å². The summed E-state index contributed by atoms with van der Waals surface area (Å²) in [6, 6.07) is 14.8. The van der Waals surface area contributed by atoms with Crippen LogP contribution in [0.5, 0.6) is 0 Å². The van der Waals surface area contributed by atoms with Gasteiger partial charge in [0.1, 0.15) is 5.82 Å². The van der Waals surface area contributed by atoms with E-state index in [-0.39, 0.29) is 0 Å². The van der Waals surface area contributed by atoms with Crippen LogP contribution in [0.1, 0.15) is 5.56 Å². The van der Waals surface area contributed by atoms with E-state index < -0.39 is 10.0 Å². The van der Waals surface area contributed by atoms with E-state index in [4.69, 9.17) is 5.73 Å². The lowest BCUT2D eigenvalue weighted by Crippen LogP contribution is -2.24. The number of sulfonamides is 1. The van der Waals surface area contributed by atoms with Crippen LogP contribution >= 0.6 is 0 Å². The second-order valence-electron chi connectivity index (χ2n) is 5.70. The minimum absolute atomic E-state index is 0.415. The highest BCUT2D eigenvalue weighted by molar-refractivity contribution is 7.92. The summed E-state index contributed by atoms with van der Waals surface area (Å²) >= 11 is 0. The van der Waals surface area contributed by atoms with Crippen molar-refractivity contribution in [2.45, 2.75) is 6.54 Å². The van der Waals surface area contributed by atoms with E-state index in [1.165, 1.54) is 17.6 Å². The van der Waals surface area contributed by atoms with E-state index >= 15 is 0 Å². The van der Waals surface area contributed by atoms with Crippen LogP contribution in [-0.4, -0.2) is 31.7 Å². The van der Waals surface area contributed by atoms with Crippen molar-refractivity contribution in [3.8, 4) is 0 Å². The van der Waals surface area contributed by atoms with Crippen LogP contribution in [0.2, 0.25) is 0 Å². The maximum absolute atomic E-state index is 11.7. The molecule has 0 aliphatic rings. The predicted molar refractivity (Wildman–Crippen MR) is 101 cm³/mol. The molecule has 3 rings (SSSR count). The number of aromatic nitrogens is 2.